The van der Waals surface area contributed by atoms with E-state index < -0.39 is 25.8 Å². The third-order valence-corrected chi connectivity index (χ3v) is 8.81. The molecule has 7 nitrogen and oxygen atoms in total. The highest BCUT2D eigenvalue weighted by Gasteiger charge is 2.33. The smallest absolute Gasteiger partial charge is 0.243 e. The second kappa shape index (κ2) is 7.52. The first-order chi connectivity index (χ1) is 12.6. The first-order valence-corrected chi connectivity index (χ1v) is 12.4. The van der Waals surface area contributed by atoms with Crippen LogP contribution in [0.5, 0.6) is 0 Å². The number of benzene rings is 1. The first kappa shape index (κ1) is 20.3. The second-order valence-electron chi connectivity index (χ2n) is 7.88. The van der Waals surface area contributed by atoms with Gasteiger partial charge in [-0.3, -0.25) is 4.79 Å². The molecule has 0 aromatic heterocycles. The van der Waals surface area contributed by atoms with Gasteiger partial charge in [0, 0.05) is 18.8 Å². The van der Waals surface area contributed by atoms with Gasteiger partial charge in [0.25, 0.3) is 0 Å². The van der Waals surface area contributed by atoms with Crippen LogP contribution in [-0.4, -0.2) is 51.6 Å². The zero-order chi connectivity index (χ0) is 19.8. The van der Waals surface area contributed by atoms with Crippen molar-refractivity contribution in [3.8, 4) is 0 Å². The Morgan fingerprint density at radius 3 is 2.22 bits per heavy atom. The maximum atomic E-state index is 12.9. The summed E-state index contributed by atoms with van der Waals surface area (Å²) in [7, 11) is -6.69. The lowest BCUT2D eigenvalue weighted by Crippen LogP contribution is -2.42. The molecule has 3 atom stereocenters. The van der Waals surface area contributed by atoms with Crippen LogP contribution in [0.2, 0.25) is 0 Å². The summed E-state index contributed by atoms with van der Waals surface area (Å²) < 4.78 is 50.3. The van der Waals surface area contributed by atoms with Crippen molar-refractivity contribution in [1.82, 2.24) is 4.31 Å². The summed E-state index contributed by atoms with van der Waals surface area (Å²) in [6.07, 6.45) is 1.35. The van der Waals surface area contributed by atoms with E-state index in [1.165, 1.54) is 16.4 Å². The van der Waals surface area contributed by atoms with E-state index in [-0.39, 0.29) is 22.3 Å². The zero-order valence-electron chi connectivity index (χ0n) is 15.6. The standard InChI is InChI=1S/C18H26N2O5S2/c1-13-9-14(2)11-20(10-13)27(24,25)17-5-3-16(4-6-17)19-18(21)15-7-8-26(22,23)12-15/h3-6,13-15H,7-12H2,1-2H3,(H,19,21)/t13-,14-,15-/m1/s1. The van der Waals surface area contributed by atoms with E-state index in [0.717, 1.165) is 6.42 Å². The number of piperidine rings is 1. The van der Waals surface area contributed by atoms with Crippen molar-refractivity contribution in [3.63, 3.8) is 0 Å². The molecule has 1 aromatic carbocycles. The van der Waals surface area contributed by atoms with Gasteiger partial charge < -0.3 is 5.32 Å². The molecule has 1 N–H and O–H groups in total. The summed E-state index contributed by atoms with van der Waals surface area (Å²) >= 11 is 0. The molecule has 0 spiro atoms. The number of hydrogen-bond donors (Lipinski definition) is 1. The predicted octanol–water partition coefficient (Wildman–Crippen LogP) is 1.73. The van der Waals surface area contributed by atoms with E-state index in [2.05, 4.69) is 19.2 Å². The molecular formula is C18H26N2O5S2. The van der Waals surface area contributed by atoms with Crippen molar-refractivity contribution < 1.29 is 21.6 Å². The fraction of sp³-hybridized carbons (Fsp3) is 0.611. The van der Waals surface area contributed by atoms with Crippen LogP contribution >= 0.6 is 0 Å². The number of hydrogen-bond acceptors (Lipinski definition) is 5. The lowest BCUT2D eigenvalue weighted by molar-refractivity contribution is -0.119. The van der Waals surface area contributed by atoms with Gasteiger partial charge in [0.2, 0.25) is 15.9 Å². The fourth-order valence-corrected chi connectivity index (χ4v) is 7.33. The van der Waals surface area contributed by atoms with Gasteiger partial charge in [-0.25, -0.2) is 16.8 Å². The van der Waals surface area contributed by atoms with Crippen LogP contribution in [0.25, 0.3) is 0 Å². The number of nitrogens with zero attached hydrogens (tertiary/aromatic N) is 1. The Kier molecular flexibility index (Phi) is 5.65. The average Bonchev–Trinajstić information content (AvgIpc) is 2.94. The molecule has 0 bridgehead atoms. The summed E-state index contributed by atoms with van der Waals surface area (Å²) in [4.78, 5) is 12.4. The molecule has 2 aliphatic rings. The number of nitrogens with one attached hydrogen (secondary N) is 1. The van der Waals surface area contributed by atoms with Crippen LogP contribution in [0.1, 0.15) is 26.7 Å². The fourth-order valence-electron chi connectivity index (χ4n) is 3.91. The monoisotopic (exact) mass is 414 g/mol. The van der Waals surface area contributed by atoms with Gasteiger partial charge in [-0.05, 0) is 48.9 Å². The van der Waals surface area contributed by atoms with Crippen molar-refractivity contribution in [2.24, 2.45) is 17.8 Å². The predicted molar refractivity (Wildman–Crippen MR) is 104 cm³/mol. The number of amides is 1. The number of sulfonamides is 1. The van der Waals surface area contributed by atoms with Crippen molar-refractivity contribution >= 4 is 31.5 Å². The molecule has 27 heavy (non-hydrogen) atoms. The second-order valence-corrected chi connectivity index (χ2v) is 12.0. The first-order valence-electron chi connectivity index (χ1n) is 9.18. The third-order valence-electron chi connectivity index (χ3n) is 5.20. The Balaban J connectivity index is 1.69. The number of carbonyl (C=O) groups excluding carboxylic acids is 1. The molecule has 2 aliphatic heterocycles. The maximum Gasteiger partial charge on any atom is 0.243 e. The van der Waals surface area contributed by atoms with Crippen LogP contribution < -0.4 is 5.32 Å². The van der Waals surface area contributed by atoms with E-state index in [9.17, 15) is 21.6 Å². The van der Waals surface area contributed by atoms with E-state index in [4.69, 9.17) is 0 Å². The highest BCUT2D eigenvalue weighted by atomic mass is 32.2. The summed E-state index contributed by atoms with van der Waals surface area (Å²) in [5.41, 5.74) is 0.462. The van der Waals surface area contributed by atoms with Gasteiger partial charge in [0.05, 0.1) is 22.3 Å². The Labute approximate surface area is 161 Å². The van der Waals surface area contributed by atoms with Crippen LogP contribution in [0, 0.1) is 17.8 Å². The summed E-state index contributed by atoms with van der Waals surface area (Å²) in [5, 5.41) is 2.68. The molecule has 0 radical (unpaired) electrons. The van der Waals surface area contributed by atoms with Crippen molar-refractivity contribution in [1.29, 1.82) is 0 Å². The Morgan fingerprint density at radius 1 is 1.11 bits per heavy atom. The van der Waals surface area contributed by atoms with Gasteiger partial charge in [-0.1, -0.05) is 13.8 Å². The molecule has 3 rings (SSSR count). The van der Waals surface area contributed by atoms with E-state index in [1.807, 2.05) is 0 Å². The SMILES string of the molecule is C[C@@H]1C[C@@H](C)CN(S(=O)(=O)c2ccc(NC(=O)[C@@H]3CCS(=O)(=O)C3)cc2)C1. The topological polar surface area (TPSA) is 101 Å². The molecule has 0 saturated carbocycles. The molecule has 0 unspecified atom stereocenters. The van der Waals surface area contributed by atoms with Crippen LogP contribution in [0.3, 0.4) is 0 Å². The Hall–Kier alpha value is -1.45. The highest BCUT2D eigenvalue weighted by Crippen LogP contribution is 2.27. The molecule has 2 saturated heterocycles. The van der Waals surface area contributed by atoms with Crippen molar-refractivity contribution in [2.45, 2.75) is 31.6 Å². The van der Waals surface area contributed by atoms with Crippen LogP contribution in [0.4, 0.5) is 5.69 Å². The lowest BCUT2D eigenvalue weighted by Gasteiger charge is -2.34. The largest absolute Gasteiger partial charge is 0.326 e. The number of carbonyl (C=O) groups is 1. The average molecular weight is 415 g/mol. The quantitative estimate of drug-likeness (QED) is 0.809. The molecule has 150 valence electrons. The number of sulfone groups is 1. The molecule has 9 heteroatoms. The van der Waals surface area contributed by atoms with E-state index in [0.29, 0.717) is 37.0 Å². The summed E-state index contributed by atoms with van der Waals surface area (Å²) in [6, 6.07) is 6.07. The van der Waals surface area contributed by atoms with Crippen molar-refractivity contribution in [2.75, 3.05) is 29.9 Å². The molecule has 1 aromatic rings. The Bertz CT molecular complexity index is 900. The van der Waals surface area contributed by atoms with E-state index >= 15 is 0 Å². The minimum atomic E-state index is -3.56. The van der Waals surface area contributed by atoms with E-state index in [1.54, 1.807) is 12.1 Å². The Morgan fingerprint density at radius 2 is 1.70 bits per heavy atom. The highest BCUT2D eigenvalue weighted by molar-refractivity contribution is 7.91. The van der Waals surface area contributed by atoms with Gasteiger partial charge >= 0.3 is 0 Å². The normalized spacial score (nSPS) is 28.7. The molecule has 1 amide bonds. The maximum absolute atomic E-state index is 12.9. The molecule has 0 aliphatic carbocycles. The lowest BCUT2D eigenvalue weighted by atomic mass is 9.94. The van der Waals surface area contributed by atoms with Gasteiger partial charge in [-0.2, -0.15) is 4.31 Å². The summed E-state index contributed by atoms with van der Waals surface area (Å²) in [5.74, 6) is -0.333. The van der Waals surface area contributed by atoms with Crippen LogP contribution in [-0.2, 0) is 24.7 Å². The van der Waals surface area contributed by atoms with Crippen molar-refractivity contribution in [3.05, 3.63) is 24.3 Å². The zero-order valence-corrected chi connectivity index (χ0v) is 17.2. The van der Waals surface area contributed by atoms with Crippen LogP contribution in [0.15, 0.2) is 29.2 Å². The van der Waals surface area contributed by atoms with Gasteiger partial charge in [-0.15, -0.1) is 0 Å². The minimum Gasteiger partial charge on any atom is -0.326 e. The number of anilines is 1. The summed E-state index contributed by atoms with van der Waals surface area (Å²) in [6.45, 7) is 5.14. The molecule has 2 heterocycles. The molecule has 2 fully saturated rings. The van der Waals surface area contributed by atoms with Gasteiger partial charge in [0.1, 0.15) is 0 Å². The number of rotatable bonds is 4. The third kappa shape index (κ3) is 4.70. The minimum absolute atomic E-state index is 0.0367. The molecular weight excluding hydrogens is 388 g/mol. The van der Waals surface area contributed by atoms with Gasteiger partial charge in [0.15, 0.2) is 9.84 Å².